The predicted molar refractivity (Wildman–Crippen MR) is 115 cm³/mol. The van der Waals surface area contributed by atoms with Crippen LogP contribution in [0.3, 0.4) is 0 Å². The highest BCUT2D eigenvalue weighted by Gasteiger charge is 2.27. The molecule has 0 fully saturated rings. The Morgan fingerprint density at radius 3 is 0.731 bits per heavy atom. The molecule has 2 aromatic rings. The lowest BCUT2D eigenvalue weighted by molar-refractivity contribution is -0.384. The Hall–Kier alpha value is 1.03. The lowest BCUT2D eigenvalue weighted by Crippen LogP contribution is -1.92. The summed E-state index contributed by atoms with van der Waals surface area (Å²) in [5, 5.41) is 10.1. The van der Waals surface area contributed by atoms with E-state index in [2.05, 4.69) is 0 Å². The first-order valence-corrected chi connectivity index (χ1v) is 9.83. The van der Waals surface area contributed by atoms with Crippen molar-refractivity contribution in [3.05, 3.63) is 65.4 Å². The largest absolute Gasteiger partial charge is 0.309 e. The molecule has 2 aromatic carbocycles. The minimum absolute atomic E-state index is 0.103. The second-order valence-corrected chi connectivity index (χ2v) is 8.22. The molecule has 0 aromatic heterocycles. The van der Waals surface area contributed by atoms with E-state index >= 15 is 0 Å². The lowest BCUT2D eigenvalue weighted by atomic mass is 10.3. The van der Waals surface area contributed by atoms with Crippen LogP contribution in [0.4, 0.5) is 5.69 Å². The summed E-state index contributed by atoms with van der Waals surface area (Å²) in [5.74, 6) is 0. The normalized spacial score (nSPS) is 10.4. The maximum Gasteiger partial charge on any atom is 0.309 e. The number of rotatable bonds is 1. The van der Waals surface area contributed by atoms with E-state index in [-0.39, 0.29) is 55.2 Å². The Morgan fingerprint density at radius 1 is 0.423 bits per heavy atom. The molecule has 0 aliphatic heterocycles. The van der Waals surface area contributed by atoms with Crippen LogP contribution < -0.4 is 0 Å². The number of nitrogens with zero attached hydrogens (tertiary/aromatic N) is 1. The van der Waals surface area contributed by atoms with Crippen LogP contribution in [0.2, 0.25) is 55.2 Å². The second kappa shape index (κ2) is 10.2. The molecule has 0 radical (unpaired) electrons. The van der Waals surface area contributed by atoms with Gasteiger partial charge in [-0.3, -0.25) is 10.1 Å². The van der Waals surface area contributed by atoms with Gasteiger partial charge in [-0.2, -0.15) is 0 Å². The van der Waals surface area contributed by atoms with Crippen LogP contribution in [0.25, 0.3) is 0 Å². The van der Waals surface area contributed by atoms with E-state index in [1.165, 1.54) is 0 Å². The zero-order valence-electron chi connectivity index (χ0n) is 11.4. The van der Waals surface area contributed by atoms with Crippen LogP contribution in [-0.2, 0) is 0 Å². The van der Waals surface area contributed by atoms with Gasteiger partial charge in [-0.15, -0.1) is 0 Å². The highest BCUT2D eigenvalue weighted by molar-refractivity contribution is 6.59. The Labute approximate surface area is 201 Å². The minimum Gasteiger partial charge on any atom is -0.258 e. The van der Waals surface area contributed by atoms with Crippen molar-refractivity contribution in [2.45, 2.75) is 0 Å². The maximum absolute atomic E-state index is 10.5. The summed E-state index contributed by atoms with van der Waals surface area (Å²) in [6.07, 6.45) is 0. The molecule has 3 nitrogen and oxygen atoms in total. The molecule has 2 rings (SSSR count). The average molecular weight is 580 g/mol. The van der Waals surface area contributed by atoms with E-state index in [1.807, 2.05) is 0 Å². The van der Waals surface area contributed by atoms with Gasteiger partial charge < -0.3 is 0 Å². The van der Waals surface area contributed by atoms with Crippen LogP contribution in [0.5, 0.6) is 0 Å². The zero-order valence-corrected chi connectivity index (χ0v) is 19.7. The van der Waals surface area contributed by atoms with Crippen molar-refractivity contribution in [3.8, 4) is 0 Å². The maximum atomic E-state index is 10.5. The topological polar surface area (TPSA) is 43.1 Å². The highest BCUT2D eigenvalue weighted by Crippen LogP contribution is 2.48. The molecule has 0 saturated carbocycles. The van der Waals surface area contributed by atoms with E-state index in [1.54, 1.807) is 0 Å². The molecule has 0 aliphatic rings. The summed E-state index contributed by atoms with van der Waals surface area (Å²) in [6, 6.07) is 0. The summed E-state index contributed by atoms with van der Waals surface area (Å²) in [6.45, 7) is 0. The van der Waals surface area contributed by atoms with Crippen molar-refractivity contribution in [1.29, 1.82) is 0 Å². The molecule has 0 atom stereocenters. The first-order valence-electron chi connectivity index (χ1n) is 5.67. The van der Waals surface area contributed by atoms with Crippen molar-refractivity contribution < 1.29 is 4.92 Å². The Bertz CT molecular complexity index is 766. The zero-order chi connectivity index (χ0) is 20.5. The smallest absolute Gasteiger partial charge is 0.258 e. The van der Waals surface area contributed by atoms with Crippen LogP contribution in [0, 0.1) is 10.1 Å². The Morgan fingerprint density at radius 2 is 0.577 bits per heavy atom. The third kappa shape index (κ3) is 5.14. The minimum atomic E-state index is -0.779. The van der Waals surface area contributed by atoms with E-state index in [4.69, 9.17) is 128 Å². The van der Waals surface area contributed by atoms with Crippen LogP contribution in [0.1, 0.15) is 0 Å². The van der Waals surface area contributed by atoms with Gasteiger partial charge in [0.05, 0.1) is 50.1 Å². The summed E-state index contributed by atoms with van der Waals surface area (Å²) >= 11 is 61.9. The summed E-state index contributed by atoms with van der Waals surface area (Å²) in [4.78, 5) is 9.76. The van der Waals surface area contributed by atoms with Gasteiger partial charge in [0.15, 0.2) is 0 Å². The third-order valence-electron chi connectivity index (χ3n) is 2.53. The summed E-state index contributed by atoms with van der Waals surface area (Å²) in [5.41, 5.74) is -0.548. The predicted octanol–water partition coefficient (Wildman–Crippen LogP) is 10.5. The van der Waals surface area contributed by atoms with Gasteiger partial charge >= 0.3 is 5.69 Å². The fourth-order valence-electron chi connectivity index (χ4n) is 1.33. The number of benzene rings is 2. The van der Waals surface area contributed by atoms with Crippen molar-refractivity contribution in [2.75, 3.05) is 0 Å². The van der Waals surface area contributed by atoms with Crippen molar-refractivity contribution >= 4 is 133 Å². The van der Waals surface area contributed by atoms with Gasteiger partial charge in [-0.1, -0.05) is 128 Å². The molecular weight excluding hydrogens is 580 g/mol. The van der Waals surface area contributed by atoms with Gasteiger partial charge in [0.25, 0.3) is 0 Å². The molecule has 0 unspecified atom stereocenters. The second-order valence-electron chi connectivity index (χ2n) is 4.06. The first-order chi connectivity index (χ1) is 11.8. The molecule has 0 aliphatic carbocycles. The van der Waals surface area contributed by atoms with Gasteiger partial charge in [0.1, 0.15) is 10.0 Å². The highest BCUT2D eigenvalue weighted by atomic mass is 35.5. The number of hydrogen-bond acceptors (Lipinski definition) is 2. The fourth-order valence-corrected chi connectivity index (χ4v) is 4.02. The number of hydrogen-bond donors (Lipinski definition) is 0. The van der Waals surface area contributed by atoms with Gasteiger partial charge in [-0.05, 0) is 0 Å². The van der Waals surface area contributed by atoms with Crippen LogP contribution in [0.15, 0.2) is 0 Å². The standard InChI is InChI=1S/C6Cl6.C6Cl5NO2/c7-1-2(8)4(10)6(12)5(11)3(1)9;7-1-2(8)4(10)6(12(13)14)5(11)3(1)9. The monoisotopic (exact) mass is 575 g/mol. The number of nitro benzene ring substituents is 1. The van der Waals surface area contributed by atoms with E-state index in [0.717, 1.165) is 0 Å². The van der Waals surface area contributed by atoms with Crippen LogP contribution >= 0.6 is 128 Å². The Balaban J connectivity index is 0.000000263. The number of halogens is 11. The molecule has 0 N–H and O–H groups in total. The van der Waals surface area contributed by atoms with Gasteiger partial charge in [0, 0.05) is 0 Å². The molecule has 0 bridgehead atoms. The number of nitro groups is 1. The van der Waals surface area contributed by atoms with Crippen LogP contribution in [-0.4, -0.2) is 4.92 Å². The molecule has 0 saturated heterocycles. The van der Waals surface area contributed by atoms with Crippen molar-refractivity contribution in [3.63, 3.8) is 0 Å². The Kier molecular flexibility index (Phi) is 9.81. The fraction of sp³-hybridized carbons (Fsp3) is 0. The molecule has 0 heterocycles. The SMILES string of the molecule is Clc1c(Cl)c(Cl)c(Cl)c(Cl)c1Cl.O=[N+]([O-])c1c(Cl)c(Cl)c(Cl)c(Cl)c1Cl. The quantitative estimate of drug-likeness (QED) is 0.146. The molecular formula is C12Cl11NO2. The lowest BCUT2D eigenvalue weighted by Gasteiger charge is -2.06. The molecule has 26 heavy (non-hydrogen) atoms. The summed E-state index contributed by atoms with van der Waals surface area (Å²) < 4.78 is 0. The van der Waals surface area contributed by atoms with E-state index in [9.17, 15) is 10.1 Å². The molecule has 142 valence electrons. The van der Waals surface area contributed by atoms with Crippen molar-refractivity contribution in [1.82, 2.24) is 0 Å². The summed E-state index contributed by atoms with van der Waals surface area (Å²) in [7, 11) is 0. The molecule has 0 amide bonds. The molecule has 0 spiro atoms. The van der Waals surface area contributed by atoms with Gasteiger partial charge in [0.2, 0.25) is 0 Å². The van der Waals surface area contributed by atoms with Gasteiger partial charge in [-0.25, -0.2) is 0 Å². The third-order valence-corrected chi connectivity index (χ3v) is 7.63. The van der Waals surface area contributed by atoms with E-state index in [0.29, 0.717) is 0 Å². The van der Waals surface area contributed by atoms with E-state index < -0.39 is 10.6 Å². The van der Waals surface area contributed by atoms with Crippen molar-refractivity contribution in [2.24, 2.45) is 0 Å². The molecule has 14 heteroatoms. The average Bonchev–Trinajstić information content (AvgIpc) is 2.60. The first kappa shape index (κ1) is 25.1.